The van der Waals surface area contributed by atoms with Crippen LogP contribution in [-0.2, 0) is 0 Å². The first-order valence-electron chi connectivity index (χ1n) is 23.0. The van der Waals surface area contributed by atoms with Crippen molar-refractivity contribution in [2.45, 2.75) is 0 Å². The van der Waals surface area contributed by atoms with Crippen molar-refractivity contribution in [3.63, 3.8) is 0 Å². The maximum absolute atomic E-state index is 9.71. The van der Waals surface area contributed by atoms with Crippen LogP contribution in [0.2, 0.25) is 0 Å². The van der Waals surface area contributed by atoms with Gasteiger partial charge in [0.25, 0.3) is 0 Å². The number of benzene rings is 9. The SMILES string of the molecule is [2H]c1c([2H])c([2H])c(-c2c([2H])c([2H])c(N(c3cccc(-c4cccc5ccccc45)c3)c3c([2H])c([2H])c(-c4ccc5ccccc5c4-c4ccccc4)c([2H])c3[2H])c([2H])c2[2H])c([2H])c1[2H]. The van der Waals surface area contributed by atoms with Gasteiger partial charge in [-0.05, 0) is 102 Å². The number of hydrogen-bond donors (Lipinski definition) is 0. The highest BCUT2D eigenvalue weighted by atomic mass is 15.1. The van der Waals surface area contributed by atoms with Crippen molar-refractivity contribution in [3.05, 3.63) is 212 Å². The zero-order valence-corrected chi connectivity index (χ0v) is 27.1. The molecule has 0 unspecified atom stereocenters. The summed E-state index contributed by atoms with van der Waals surface area (Å²) in [6, 6.07) is 33.0. The Morgan fingerprint density at radius 1 is 0.333 bits per heavy atom. The Labute approximate surface area is 317 Å². The van der Waals surface area contributed by atoms with Crippen LogP contribution >= 0.6 is 0 Å². The first kappa shape index (κ1) is 19.5. The van der Waals surface area contributed by atoms with E-state index in [4.69, 9.17) is 6.85 Å². The standard InChI is InChI=1S/C50H35N/c1-3-13-36(14-4-1)37-25-30-43(31-26-37)51(45-21-11-20-42(35-45)47-24-12-19-38-15-7-9-22-46(38)47)44-32-27-40(28-33-44)49-34-29-39-16-8-10-23-48(39)50(49)41-17-5-2-6-18-41/h1-35H/i1D,3D,4D,13D,14D,25D,26D,27D,28D,30D,31D,32D,33D. The van der Waals surface area contributed by atoms with E-state index in [0.29, 0.717) is 16.7 Å². The van der Waals surface area contributed by atoms with Gasteiger partial charge >= 0.3 is 0 Å². The van der Waals surface area contributed by atoms with Gasteiger partial charge in [-0.3, -0.25) is 0 Å². The molecular formula is C50H35N. The molecule has 0 atom stereocenters. The Morgan fingerprint density at radius 2 is 0.902 bits per heavy atom. The third-order valence-corrected chi connectivity index (χ3v) is 8.89. The van der Waals surface area contributed by atoms with Crippen LogP contribution < -0.4 is 4.90 Å². The van der Waals surface area contributed by atoms with Crippen molar-refractivity contribution in [2.24, 2.45) is 0 Å². The normalized spacial score (nSPS) is 14.7. The highest BCUT2D eigenvalue weighted by Crippen LogP contribution is 2.42. The minimum atomic E-state index is -0.736. The Kier molecular flexibility index (Phi) is 5.08. The summed E-state index contributed by atoms with van der Waals surface area (Å²) in [6.07, 6.45) is 0. The quantitative estimate of drug-likeness (QED) is 0.164. The summed E-state index contributed by atoms with van der Waals surface area (Å²) in [5, 5.41) is 3.62. The molecular weight excluding hydrogens is 615 g/mol. The molecule has 9 aromatic carbocycles. The van der Waals surface area contributed by atoms with E-state index in [2.05, 4.69) is 0 Å². The predicted molar refractivity (Wildman–Crippen MR) is 218 cm³/mol. The van der Waals surface area contributed by atoms with Crippen molar-refractivity contribution in [3.8, 4) is 44.5 Å². The number of nitrogens with zero attached hydrogens (tertiary/aromatic N) is 1. The third kappa shape index (κ3) is 5.86. The summed E-state index contributed by atoms with van der Waals surface area (Å²) in [7, 11) is 0. The van der Waals surface area contributed by atoms with Crippen LogP contribution in [0.25, 0.3) is 66.1 Å². The fourth-order valence-corrected chi connectivity index (χ4v) is 6.53. The summed E-state index contributed by atoms with van der Waals surface area (Å²) >= 11 is 0. The number of rotatable bonds is 7. The largest absolute Gasteiger partial charge is 0.310 e. The monoisotopic (exact) mass is 662 g/mol. The van der Waals surface area contributed by atoms with E-state index in [1.807, 2.05) is 109 Å². The molecule has 0 N–H and O–H groups in total. The second-order valence-corrected chi connectivity index (χ2v) is 11.9. The molecule has 0 amide bonds. The molecule has 1 nitrogen and oxygen atoms in total. The van der Waals surface area contributed by atoms with Crippen LogP contribution in [0, 0.1) is 0 Å². The van der Waals surface area contributed by atoms with Crippen molar-refractivity contribution in [2.75, 3.05) is 4.90 Å². The van der Waals surface area contributed by atoms with Crippen molar-refractivity contribution >= 4 is 38.6 Å². The maximum Gasteiger partial charge on any atom is 0.0645 e. The molecule has 0 bridgehead atoms. The Balaban J connectivity index is 1.35. The zero-order valence-electron chi connectivity index (χ0n) is 40.1. The molecule has 0 heterocycles. The summed E-state index contributed by atoms with van der Waals surface area (Å²) in [4.78, 5) is 1.20. The Morgan fingerprint density at radius 3 is 1.65 bits per heavy atom. The lowest BCUT2D eigenvalue weighted by atomic mass is 9.90. The predicted octanol–water partition coefficient (Wildman–Crippen LogP) is 14.1. The molecule has 240 valence electrons. The molecule has 9 rings (SSSR count). The van der Waals surface area contributed by atoms with Crippen molar-refractivity contribution < 1.29 is 17.8 Å². The van der Waals surface area contributed by atoms with E-state index < -0.39 is 95.4 Å². The van der Waals surface area contributed by atoms with Crippen molar-refractivity contribution in [1.82, 2.24) is 0 Å². The molecule has 0 saturated carbocycles. The molecule has 0 aliphatic carbocycles. The average molecular weight is 663 g/mol. The maximum atomic E-state index is 9.71. The fourth-order valence-electron chi connectivity index (χ4n) is 6.53. The van der Waals surface area contributed by atoms with E-state index in [1.54, 1.807) is 24.3 Å². The molecule has 0 radical (unpaired) electrons. The van der Waals surface area contributed by atoms with Crippen LogP contribution in [0.5, 0.6) is 0 Å². The molecule has 9 aromatic rings. The highest BCUT2D eigenvalue weighted by molar-refractivity contribution is 6.04. The lowest BCUT2D eigenvalue weighted by Crippen LogP contribution is -2.10. The van der Waals surface area contributed by atoms with Gasteiger partial charge in [-0.15, -0.1) is 0 Å². The summed E-state index contributed by atoms with van der Waals surface area (Å²) < 4.78 is 118. The molecule has 0 fully saturated rings. The molecule has 0 aliphatic heterocycles. The van der Waals surface area contributed by atoms with E-state index >= 15 is 0 Å². The average Bonchev–Trinajstić information content (AvgIpc) is 3.32. The fraction of sp³-hybridized carbons (Fsp3) is 0. The summed E-state index contributed by atoms with van der Waals surface area (Å²) in [5.41, 5.74) is 1.80. The van der Waals surface area contributed by atoms with E-state index in [-0.39, 0.29) is 16.9 Å². The smallest absolute Gasteiger partial charge is 0.0645 e. The van der Waals surface area contributed by atoms with Gasteiger partial charge in [0.15, 0.2) is 0 Å². The van der Waals surface area contributed by atoms with Gasteiger partial charge in [-0.25, -0.2) is 0 Å². The first-order valence-corrected chi connectivity index (χ1v) is 16.5. The van der Waals surface area contributed by atoms with Crippen LogP contribution in [0.15, 0.2) is 212 Å². The number of hydrogen-bond acceptors (Lipinski definition) is 1. The minimum absolute atomic E-state index is 0.0175. The molecule has 0 aliphatic rings. The van der Waals surface area contributed by atoms with Gasteiger partial charge in [0.05, 0.1) is 17.8 Å². The van der Waals surface area contributed by atoms with Crippen molar-refractivity contribution in [1.29, 1.82) is 0 Å². The van der Waals surface area contributed by atoms with E-state index in [9.17, 15) is 11.0 Å². The van der Waals surface area contributed by atoms with Crippen LogP contribution in [0.4, 0.5) is 17.1 Å². The molecule has 0 saturated heterocycles. The van der Waals surface area contributed by atoms with Gasteiger partial charge in [0.2, 0.25) is 0 Å². The lowest BCUT2D eigenvalue weighted by Gasteiger charge is -2.27. The number of fused-ring (bicyclic) bond motifs is 2. The molecule has 0 aromatic heterocycles. The second kappa shape index (κ2) is 13.3. The summed E-state index contributed by atoms with van der Waals surface area (Å²) in [6.45, 7) is 0. The first-order chi connectivity index (χ1) is 30.7. The lowest BCUT2D eigenvalue weighted by molar-refractivity contribution is 1.28. The Bertz CT molecular complexity index is 3300. The third-order valence-electron chi connectivity index (χ3n) is 8.89. The highest BCUT2D eigenvalue weighted by Gasteiger charge is 2.17. The van der Waals surface area contributed by atoms with Crippen LogP contribution in [0.1, 0.15) is 17.8 Å². The topological polar surface area (TPSA) is 3.24 Å². The van der Waals surface area contributed by atoms with Crippen LogP contribution in [-0.4, -0.2) is 0 Å². The van der Waals surface area contributed by atoms with Crippen LogP contribution in [0.3, 0.4) is 0 Å². The minimum Gasteiger partial charge on any atom is -0.310 e. The Hall–Kier alpha value is -6.70. The molecule has 0 spiro atoms. The number of anilines is 3. The van der Waals surface area contributed by atoms with Gasteiger partial charge in [0.1, 0.15) is 0 Å². The van der Waals surface area contributed by atoms with E-state index in [0.717, 1.165) is 32.7 Å². The van der Waals surface area contributed by atoms with Gasteiger partial charge in [0, 0.05) is 17.1 Å². The summed E-state index contributed by atoms with van der Waals surface area (Å²) in [5.74, 6) is 0. The van der Waals surface area contributed by atoms with Gasteiger partial charge < -0.3 is 4.90 Å². The zero-order chi connectivity index (χ0) is 45.3. The van der Waals surface area contributed by atoms with Gasteiger partial charge in [-0.2, -0.15) is 0 Å². The molecule has 51 heavy (non-hydrogen) atoms. The van der Waals surface area contributed by atoms with E-state index in [1.165, 1.54) is 4.90 Å². The molecule has 1 heteroatoms. The van der Waals surface area contributed by atoms with Gasteiger partial charge in [-0.1, -0.05) is 176 Å². The second-order valence-electron chi connectivity index (χ2n) is 11.9.